The molecule has 0 aliphatic carbocycles. The highest BCUT2D eigenvalue weighted by Crippen LogP contribution is 2.24. The summed E-state index contributed by atoms with van der Waals surface area (Å²) in [4.78, 5) is 14.8. The summed E-state index contributed by atoms with van der Waals surface area (Å²) in [6.45, 7) is 0. The molecule has 2 atom stereocenters. The summed E-state index contributed by atoms with van der Waals surface area (Å²) >= 11 is 0. The number of nitrogen functional groups attached to an aromatic ring is 1. The molecule has 2 unspecified atom stereocenters. The van der Waals surface area contributed by atoms with Crippen LogP contribution in [0.5, 0.6) is 5.88 Å². The standard InChI is InChI=1S/C10H14N2O5/c1-16-9-6(11)3-5(4-12-9)7(13)8(14)10(15)17-2/h3-4,7-8,13-14H,11H2,1-2H3. The van der Waals surface area contributed by atoms with Crippen molar-refractivity contribution in [3.63, 3.8) is 0 Å². The molecule has 1 aromatic heterocycles. The fourth-order valence-corrected chi connectivity index (χ4v) is 1.25. The Morgan fingerprint density at radius 2 is 2.12 bits per heavy atom. The topological polar surface area (TPSA) is 115 Å². The molecule has 0 bridgehead atoms. The van der Waals surface area contributed by atoms with Gasteiger partial charge in [-0.3, -0.25) is 0 Å². The number of ether oxygens (including phenoxy) is 2. The van der Waals surface area contributed by atoms with Gasteiger partial charge in [-0.1, -0.05) is 0 Å². The molecule has 17 heavy (non-hydrogen) atoms. The number of methoxy groups -OCH3 is 2. The third-order valence-electron chi connectivity index (χ3n) is 2.18. The van der Waals surface area contributed by atoms with E-state index >= 15 is 0 Å². The third kappa shape index (κ3) is 2.83. The van der Waals surface area contributed by atoms with E-state index in [0.717, 1.165) is 7.11 Å². The van der Waals surface area contributed by atoms with Gasteiger partial charge in [0.1, 0.15) is 6.10 Å². The molecule has 0 aliphatic rings. The van der Waals surface area contributed by atoms with E-state index in [0.29, 0.717) is 0 Å². The van der Waals surface area contributed by atoms with Crippen LogP contribution < -0.4 is 10.5 Å². The van der Waals surface area contributed by atoms with E-state index in [9.17, 15) is 15.0 Å². The minimum absolute atomic E-state index is 0.195. The highest BCUT2D eigenvalue weighted by atomic mass is 16.5. The zero-order valence-electron chi connectivity index (χ0n) is 9.45. The number of nitrogens with zero attached hydrogens (tertiary/aromatic N) is 1. The second-order valence-electron chi connectivity index (χ2n) is 3.28. The van der Waals surface area contributed by atoms with Gasteiger partial charge in [0.2, 0.25) is 5.88 Å². The van der Waals surface area contributed by atoms with Crippen molar-refractivity contribution in [1.82, 2.24) is 4.98 Å². The molecule has 0 saturated carbocycles. The second kappa shape index (κ2) is 5.46. The van der Waals surface area contributed by atoms with E-state index in [1.165, 1.54) is 19.4 Å². The molecule has 0 saturated heterocycles. The summed E-state index contributed by atoms with van der Waals surface area (Å²) in [7, 11) is 2.51. The van der Waals surface area contributed by atoms with Crippen LogP contribution in [0.15, 0.2) is 12.3 Å². The Labute approximate surface area is 97.8 Å². The minimum Gasteiger partial charge on any atom is -0.480 e. The first-order valence-electron chi connectivity index (χ1n) is 4.74. The number of aromatic nitrogens is 1. The lowest BCUT2D eigenvalue weighted by atomic mass is 10.1. The molecule has 4 N–H and O–H groups in total. The third-order valence-corrected chi connectivity index (χ3v) is 2.18. The zero-order valence-corrected chi connectivity index (χ0v) is 9.45. The molecular weight excluding hydrogens is 228 g/mol. The summed E-state index contributed by atoms with van der Waals surface area (Å²) in [6.07, 6.45) is -1.88. The quantitative estimate of drug-likeness (QED) is 0.594. The largest absolute Gasteiger partial charge is 0.480 e. The lowest BCUT2D eigenvalue weighted by Gasteiger charge is -2.16. The molecule has 94 valence electrons. The highest BCUT2D eigenvalue weighted by Gasteiger charge is 2.27. The van der Waals surface area contributed by atoms with Gasteiger partial charge >= 0.3 is 5.97 Å². The Morgan fingerprint density at radius 3 is 2.59 bits per heavy atom. The molecule has 0 radical (unpaired) electrons. The number of hydrogen-bond acceptors (Lipinski definition) is 7. The van der Waals surface area contributed by atoms with Crippen molar-refractivity contribution >= 4 is 11.7 Å². The van der Waals surface area contributed by atoms with Crippen molar-refractivity contribution < 1.29 is 24.5 Å². The number of pyridine rings is 1. The highest BCUT2D eigenvalue weighted by molar-refractivity contribution is 5.75. The van der Waals surface area contributed by atoms with Crippen LogP contribution in [0, 0.1) is 0 Å². The van der Waals surface area contributed by atoms with Crippen LogP contribution in [-0.4, -0.2) is 41.5 Å². The van der Waals surface area contributed by atoms with Crippen molar-refractivity contribution in [2.24, 2.45) is 0 Å². The molecular formula is C10H14N2O5. The van der Waals surface area contributed by atoms with E-state index in [4.69, 9.17) is 10.5 Å². The van der Waals surface area contributed by atoms with Crippen LogP contribution in [0.1, 0.15) is 11.7 Å². The normalized spacial score (nSPS) is 13.9. The number of esters is 1. The molecule has 7 heteroatoms. The van der Waals surface area contributed by atoms with Crippen LogP contribution in [0.3, 0.4) is 0 Å². The molecule has 0 fully saturated rings. The van der Waals surface area contributed by atoms with Crippen LogP contribution in [0.4, 0.5) is 5.69 Å². The van der Waals surface area contributed by atoms with E-state index < -0.39 is 18.2 Å². The van der Waals surface area contributed by atoms with Gasteiger partial charge in [0.15, 0.2) is 6.10 Å². The summed E-state index contributed by atoms with van der Waals surface area (Å²) in [6, 6.07) is 1.36. The smallest absolute Gasteiger partial charge is 0.337 e. The fourth-order valence-electron chi connectivity index (χ4n) is 1.25. The first kappa shape index (κ1) is 13.2. The van der Waals surface area contributed by atoms with E-state index in [1.807, 2.05) is 0 Å². The van der Waals surface area contributed by atoms with Gasteiger partial charge in [0.25, 0.3) is 0 Å². The lowest BCUT2D eigenvalue weighted by Crippen LogP contribution is -2.29. The molecule has 1 heterocycles. The van der Waals surface area contributed by atoms with Gasteiger partial charge in [0, 0.05) is 11.8 Å². The summed E-state index contributed by atoms with van der Waals surface area (Å²) in [5.74, 6) is -0.736. The second-order valence-corrected chi connectivity index (χ2v) is 3.28. The molecule has 0 aliphatic heterocycles. The van der Waals surface area contributed by atoms with Crippen LogP contribution in [0.2, 0.25) is 0 Å². The van der Waals surface area contributed by atoms with Crippen LogP contribution in [-0.2, 0) is 9.53 Å². The summed E-state index contributed by atoms with van der Waals surface area (Å²) in [5.41, 5.74) is 5.97. The first-order chi connectivity index (χ1) is 8.01. The predicted octanol–water partition coefficient (Wildman–Crippen LogP) is -0.760. The summed E-state index contributed by atoms with van der Waals surface area (Å²) in [5, 5.41) is 19.1. The zero-order chi connectivity index (χ0) is 13.0. The summed E-state index contributed by atoms with van der Waals surface area (Å²) < 4.78 is 9.14. The number of anilines is 1. The average molecular weight is 242 g/mol. The van der Waals surface area contributed by atoms with Gasteiger partial charge in [-0.15, -0.1) is 0 Å². The van der Waals surface area contributed by atoms with Gasteiger partial charge in [-0.25, -0.2) is 9.78 Å². The van der Waals surface area contributed by atoms with Crippen LogP contribution in [0.25, 0.3) is 0 Å². The molecule has 1 aromatic rings. The number of carbonyl (C=O) groups is 1. The maximum absolute atomic E-state index is 11.0. The van der Waals surface area contributed by atoms with Crippen molar-refractivity contribution in [3.05, 3.63) is 17.8 Å². The van der Waals surface area contributed by atoms with Crippen molar-refractivity contribution in [2.75, 3.05) is 20.0 Å². The van der Waals surface area contributed by atoms with E-state index in [-0.39, 0.29) is 17.1 Å². The van der Waals surface area contributed by atoms with Gasteiger partial charge < -0.3 is 25.4 Å². The Balaban J connectivity index is 2.93. The van der Waals surface area contributed by atoms with E-state index in [1.54, 1.807) is 0 Å². The van der Waals surface area contributed by atoms with Crippen molar-refractivity contribution in [1.29, 1.82) is 0 Å². The minimum atomic E-state index is -1.69. The first-order valence-corrected chi connectivity index (χ1v) is 4.74. The lowest BCUT2D eigenvalue weighted by molar-refractivity contribution is -0.156. The number of aliphatic hydroxyl groups is 2. The van der Waals surface area contributed by atoms with Crippen molar-refractivity contribution in [3.8, 4) is 5.88 Å². The number of nitrogens with two attached hydrogens (primary N) is 1. The Morgan fingerprint density at radius 1 is 1.47 bits per heavy atom. The predicted molar refractivity (Wildman–Crippen MR) is 58.2 cm³/mol. The van der Waals surface area contributed by atoms with Crippen LogP contribution >= 0.6 is 0 Å². The molecule has 0 amide bonds. The molecule has 7 nitrogen and oxygen atoms in total. The van der Waals surface area contributed by atoms with Gasteiger partial charge in [-0.2, -0.15) is 0 Å². The van der Waals surface area contributed by atoms with Gasteiger partial charge in [0.05, 0.1) is 19.9 Å². The maximum Gasteiger partial charge on any atom is 0.337 e. The number of carbonyl (C=O) groups excluding carboxylic acids is 1. The molecule has 0 spiro atoms. The molecule has 1 rings (SSSR count). The Kier molecular flexibility index (Phi) is 4.24. The average Bonchev–Trinajstić information content (AvgIpc) is 2.35. The maximum atomic E-state index is 11.0. The van der Waals surface area contributed by atoms with Gasteiger partial charge in [-0.05, 0) is 6.07 Å². The van der Waals surface area contributed by atoms with E-state index in [2.05, 4.69) is 9.72 Å². The monoisotopic (exact) mass is 242 g/mol. The SMILES string of the molecule is COC(=O)C(O)C(O)c1cnc(OC)c(N)c1. The number of rotatable bonds is 4. The van der Waals surface area contributed by atoms with Crippen molar-refractivity contribution in [2.45, 2.75) is 12.2 Å². The number of aliphatic hydroxyl groups excluding tert-OH is 2. The Bertz CT molecular complexity index is 410. The fraction of sp³-hybridized carbons (Fsp3) is 0.400. The molecule has 0 aromatic carbocycles. The Hall–Kier alpha value is -1.86. The number of hydrogen-bond donors (Lipinski definition) is 3.